The molecule has 6 heteroatoms. The van der Waals surface area contributed by atoms with Crippen LogP contribution in [-0.2, 0) is 4.87 Å². The lowest BCUT2D eigenvalue weighted by molar-refractivity contribution is 0.650. The molecule has 0 saturated heterocycles. The molecule has 1 atom stereocenters. The molecular weight excluding hydrogens is 274 g/mol. The van der Waals surface area contributed by atoms with Gasteiger partial charge < -0.3 is 10.6 Å². The lowest BCUT2D eigenvalue weighted by Crippen LogP contribution is -2.42. The standard InChI is InChI=1S/C14H12ClN5/c1-9-6-17-8-18-12(9)14(15,7-16)13-19-10-4-2-3-5-11(10)20-13/h2-6,8,13,19-20H,1H3. The van der Waals surface area contributed by atoms with Crippen LogP contribution in [0.5, 0.6) is 0 Å². The number of hydrogen-bond donors (Lipinski definition) is 2. The smallest absolute Gasteiger partial charge is 0.210 e. The van der Waals surface area contributed by atoms with E-state index in [9.17, 15) is 5.26 Å². The van der Waals surface area contributed by atoms with E-state index in [1.807, 2.05) is 31.2 Å². The van der Waals surface area contributed by atoms with Gasteiger partial charge in [-0.05, 0) is 24.6 Å². The Morgan fingerprint density at radius 2 is 1.95 bits per heavy atom. The van der Waals surface area contributed by atoms with E-state index < -0.39 is 11.0 Å². The average Bonchev–Trinajstić information content (AvgIpc) is 2.91. The Labute approximate surface area is 121 Å². The van der Waals surface area contributed by atoms with Gasteiger partial charge in [-0.2, -0.15) is 5.26 Å². The number of nitriles is 1. The molecule has 0 fully saturated rings. The second-order valence-corrected chi connectivity index (χ2v) is 5.24. The number of alkyl halides is 1. The third kappa shape index (κ3) is 1.86. The summed E-state index contributed by atoms with van der Waals surface area (Å²) >= 11 is 6.57. The third-order valence-corrected chi connectivity index (χ3v) is 3.81. The number of nitrogens with one attached hydrogen (secondary N) is 2. The lowest BCUT2D eigenvalue weighted by atomic mass is 9.99. The number of fused-ring (bicyclic) bond motifs is 1. The molecule has 0 spiro atoms. The van der Waals surface area contributed by atoms with Gasteiger partial charge >= 0.3 is 0 Å². The van der Waals surface area contributed by atoms with Gasteiger partial charge in [0.1, 0.15) is 12.5 Å². The Hall–Kier alpha value is -2.32. The molecule has 1 aromatic heterocycles. The summed E-state index contributed by atoms with van der Waals surface area (Å²) in [7, 11) is 0. The number of nitrogens with zero attached hydrogens (tertiary/aromatic N) is 3. The Kier molecular flexibility index (Phi) is 2.96. The van der Waals surface area contributed by atoms with E-state index >= 15 is 0 Å². The Morgan fingerprint density at radius 3 is 2.50 bits per heavy atom. The fraction of sp³-hybridized carbons (Fsp3) is 0.214. The molecule has 0 aliphatic carbocycles. The predicted molar refractivity (Wildman–Crippen MR) is 77.4 cm³/mol. The molecule has 0 radical (unpaired) electrons. The molecule has 0 bridgehead atoms. The highest BCUT2D eigenvalue weighted by Crippen LogP contribution is 2.40. The number of rotatable bonds is 2. The number of anilines is 2. The topological polar surface area (TPSA) is 73.6 Å². The monoisotopic (exact) mass is 285 g/mol. The summed E-state index contributed by atoms with van der Waals surface area (Å²) in [5.41, 5.74) is 3.13. The van der Waals surface area contributed by atoms with Crippen molar-refractivity contribution in [2.75, 3.05) is 10.6 Å². The first-order valence-corrected chi connectivity index (χ1v) is 6.52. The highest BCUT2D eigenvalue weighted by atomic mass is 35.5. The van der Waals surface area contributed by atoms with Crippen molar-refractivity contribution in [3.8, 4) is 6.07 Å². The summed E-state index contributed by atoms with van der Waals surface area (Å²) in [5.74, 6) is 0. The van der Waals surface area contributed by atoms with Gasteiger partial charge in [-0.15, -0.1) is 0 Å². The predicted octanol–water partition coefficient (Wildman–Crippen LogP) is 2.61. The van der Waals surface area contributed by atoms with Crippen LogP contribution in [0.25, 0.3) is 0 Å². The lowest BCUT2D eigenvalue weighted by Gasteiger charge is -2.27. The summed E-state index contributed by atoms with van der Waals surface area (Å²) in [6, 6.07) is 9.88. The molecule has 2 aromatic rings. The quantitative estimate of drug-likeness (QED) is 0.830. The molecule has 1 aliphatic rings. The van der Waals surface area contributed by atoms with Crippen molar-refractivity contribution in [1.29, 1.82) is 5.26 Å². The third-order valence-electron chi connectivity index (χ3n) is 3.33. The van der Waals surface area contributed by atoms with Crippen LogP contribution in [0.15, 0.2) is 36.8 Å². The number of halogens is 1. The molecule has 20 heavy (non-hydrogen) atoms. The van der Waals surface area contributed by atoms with E-state index in [4.69, 9.17) is 11.6 Å². The minimum absolute atomic E-state index is 0.458. The van der Waals surface area contributed by atoms with E-state index in [0.717, 1.165) is 16.9 Å². The fourth-order valence-electron chi connectivity index (χ4n) is 2.32. The maximum atomic E-state index is 9.58. The van der Waals surface area contributed by atoms with Crippen molar-refractivity contribution in [3.05, 3.63) is 48.0 Å². The minimum atomic E-state index is -1.31. The number of aryl methyl sites for hydroxylation is 1. The highest BCUT2D eigenvalue weighted by Gasteiger charge is 2.44. The first kappa shape index (κ1) is 12.7. The van der Waals surface area contributed by atoms with Crippen LogP contribution in [0.3, 0.4) is 0 Å². The van der Waals surface area contributed by atoms with Gasteiger partial charge in [0.05, 0.1) is 23.1 Å². The van der Waals surface area contributed by atoms with Crippen LogP contribution in [0, 0.1) is 18.3 Å². The summed E-state index contributed by atoms with van der Waals surface area (Å²) in [6.45, 7) is 1.84. The van der Waals surface area contributed by atoms with Gasteiger partial charge in [0.2, 0.25) is 4.87 Å². The number of aromatic nitrogens is 2. The molecule has 0 amide bonds. The second kappa shape index (κ2) is 4.66. The normalized spacial score (nSPS) is 16.4. The van der Waals surface area contributed by atoms with Crippen LogP contribution in [0.1, 0.15) is 11.3 Å². The van der Waals surface area contributed by atoms with Gasteiger partial charge in [-0.25, -0.2) is 9.97 Å². The van der Waals surface area contributed by atoms with E-state index in [2.05, 4.69) is 26.7 Å². The van der Waals surface area contributed by atoms with Crippen LogP contribution < -0.4 is 10.6 Å². The van der Waals surface area contributed by atoms with E-state index in [1.165, 1.54) is 6.33 Å². The van der Waals surface area contributed by atoms with Crippen LogP contribution in [0.2, 0.25) is 0 Å². The first-order chi connectivity index (χ1) is 9.65. The van der Waals surface area contributed by atoms with Crippen molar-refractivity contribution in [2.45, 2.75) is 18.0 Å². The number of hydrogen-bond acceptors (Lipinski definition) is 5. The van der Waals surface area contributed by atoms with Crippen molar-refractivity contribution >= 4 is 23.0 Å². The molecule has 5 nitrogen and oxygen atoms in total. The molecule has 100 valence electrons. The van der Waals surface area contributed by atoms with Crippen molar-refractivity contribution in [2.24, 2.45) is 0 Å². The van der Waals surface area contributed by atoms with E-state index in [-0.39, 0.29) is 0 Å². The Balaban J connectivity index is 2.01. The zero-order valence-corrected chi connectivity index (χ0v) is 11.5. The number of para-hydroxylation sites is 2. The van der Waals surface area contributed by atoms with E-state index in [1.54, 1.807) is 6.20 Å². The first-order valence-electron chi connectivity index (χ1n) is 6.14. The minimum Gasteiger partial charge on any atom is -0.361 e. The van der Waals surface area contributed by atoms with Crippen molar-refractivity contribution < 1.29 is 0 Å². The van der Waals surface area contributed by atoms with Crippen molar-refractivity contribution in [1.82, 2.24) is 9.97 Å². The van der Waals surface area contributed by atoms with Crippen LogP contribution in [-0.4, -0.2) is 16.1 Å². The summed E-state index contributed by atoms with van der Waals surface area (Å²) in [5, 5.41) is 16.0. The zero-order chi connectivity index (χ0) is 14.2. The van der Waals surface area contributed by atoms with Crippen molar-refractivity contribution in [3.63, 3.8) is 0 Å². The molecule has 3 rings (SSSR count). The molecule has 2 N–H and O–H groups in total. The largest absolute Gasteiger partial charge is 0.361 e. The van der Waals surface area contributed by atoms with Gasteiger partial charge in [-0.1, -0.05) is 23.7 Å². The summed E-state index contributed by atoms with van der Waals surface area (Å²) in [6.07, 6.45) is 2.60. The fourth-order valence-corrected chi connectivity index (χ4v) is 2.62. The Morgan fingerprint density at radius 1 is 1.30 bits per heavy atom. The maximum absolute atomic E-state index is 9.58. The number of benzene rings is 1. The molecule has 2 heterocycles. The van der Waals surface area contributed by atoms with Crippen LogP contribution >= 0.6 is 11.6 Å². The molecule has 1 aliphatic heterocycles. The molecule has 1 aromatic carbocycles. The SMILES string of the molecule is Cc1cncnc1C(Cl)(C#N)C1Nc2ccccc2N1. The van der Waals surface area contributed by atoms with Gasteiger partial charge in [0.25, 0.3) is 0 Å². The summed E-state index contributed by atoms with van der Waals surface area (Å²) in [4.78, 5) is 6.81. The second-order valence-electron chi connectivity index (χ2n) is 4.65. The molecular formula is C14H12ClN5. The van der Waals surface area contributed by atoms with Gasteiger partial charge in [0.15, 0.2) is 0 Å². The maximum Gasteiger partial charge on any atom is 0.210 e. The molecule has 1 unspecified atom stereocenters. The van der Waals surface area contributed by atoms with Crippen LogP contribution in [0.4, 0.5) is 11.4 Å². The van der Waals surface area contributed by atoms with Gasteiger partial charge in [0, 0.05) is 6.20 Å². The van der Waals surface area contributed by atoms with Gasteiger partial charge in [-0.3, -0.25) is 0 Å². The molecule has 0 saturated carbocycles. The Bertz CT molecular complexity index is 671. The summed E-state index contributed by atoms with van der Waals surface area (Å²) < 4.78 is 0. The zero-order valence-electron chi connectivity index (χ0n) is 10.8. The highest BCUT2D eigenvalue weighted by molar-refractivity contribution is 6.27. The average molecular weight is 286 g/mol. The van der Waals surface area contributed by atoms with E-state index in [0.29, 0.717) is 5.69 Å².